The first-order chi connectivity index (χ1) is 10.1. The lowest BCUT2D eigenvalue weighted by molar-refractivity contribution is 0.00578. The lowest BCUT2D eigenvalue weighted by atomic mass is 9.78. The summed E-state index contributed by atoms with van der Waals surface area (Å²) in [5.74, 6) is -0.298. The Hall–Kier alpha value is -1.40. The Labute approximate surface area is 130 Å². The number of aromatic nitrogens is 2. The minimum absolute atomic E-state index is 0.106. The highest BCUT2D eigenvalue weighted by atomic mass is 19.1. The van der Waals surface area contributed by atoms with Gasteiger partial charge < -0.3 is 9.31 Å². The zero-order valence-electron chi connectivity index (χ0n) is 14.0. The van der Waals surface area contributed by atoms with Gasteiger partial charge in [-0.15, -0.1) is 0 Å². The number of benzene rings is 1. The molecule has 118 valence electrons. The van der Waals surface area contributed by atoms with Crippen molar-refractivity contribution < 1.29 is 13.7 Å². The van der Waals surface area contributed by atoms with Crippen molar-refractivity contribution in [3.05, 3.63) is 24.1 Å². The highest BCUT2D eigenvalue weighted by Gasteiger charge is 2.51. The molecule has 1 aliphatic rings. The summed E-state index contributed by atoms with van der Waals surface area (Å²) in [5, 5.41) is 5.04. The quantitative estimate of drug-likeness (QED) is 0.800. The van der Waals surface area contributed by atoms with Crippen molar-refractivity contribution in [1.82, 2.24) is 9.78 Å². The third-order valence-electron chi connectivity index (χ3n) is 4.68. The van der Waals surface area contributed by atoms with Crippen LogP contribution in [0.3, 0.4) is 0 Å². The van der Waals surface area contributed by atoms with E-state index in [9.17, 15) is 4.39 Å². The number of hydrogen-bond acceptors (Lipinski definition) is 3. The monoisotopic (exact) mass is 304 g/mol. The van der Waals surface area contributed by atoms with Crippen molar-refractivity contribution in [2.75, 3.05) is 0 Å². The molecule has 0 spiro atoms. The van der Waals surface area contributed by atoms with Gasteiger partial charge in [-0.25, -0.2) is 4.39 Å². The fourth-order valence-corrected chi connectivity index (χ4v) is 2.67. The molecule has 2 aromatic rings. The first kappa shape index (κ1) is 15.5. The highest BCUT2D eigenvalue weighted by Crippen LogP contribution is 2.36. The maximum absolute atomic E-state index is 14.6. The van der Waals surface area contributed by atoms with Gasteiger partial charge >= 0.3 is 7.12 Å². The van der Waals surface area contributed by atoms with Gasteiger partial charge in [-0.2, -0.15) is 5.10 Å². The molecule has 0 unspecified atom stereocenters. The van der Waals surface area contributed by atoms with Gasteiger partial charge in [-0.3, -0.25) is 4.68 Å². The van der Waals surface area contributed by atoms with Crippen LogP contribution in [-0.2, 0) is 9.31 Å². The van der Waals surface area contributed by atoms with E-state index >= 15 is 0 Å². The van der Waals surface area contributed by atoms with E-state index < -0.39 is 18.3 Å². The molecule has 3 rings (SSSR count). The first-order valence-electron chi connectivity index (χ1n) is 7.65. The minimum atomic E-state index is -0.564. The normalized spacial score (nSPS) is 20.3. The largest absolute Gasteiger partial charge is 0.494 e. The summed E-state index contributed by atoms with van der Waals surface area (Å²) in [4.78, 5) is 0. The standard InChI is InChI=1S/C16H22BFN2O2/c1-10(2)20-14-11(9-19-20)7-12(8-13(14)18)17-21-15(3,4)16(5,6)22-17/h7-10H,1-6H3. The van der Waals surface area contributed by atoms with Gasteiger partial charge in [0.15, 0.2) is 0 Å². The minimum Gasteiger partial charge on any atom is -0.399 e. The topological polar surface area (TPSA) is 36.3 Å². The molecule has 1 aliphatic heterocycles. The van der Waals surface area contributed by atoms with Crippen molar-refractivity contribution >= 4 is 23.5 Å². The third kappa shape index (κ3) is 2.25. The van der Waals surface area contributed by atoms with Crippen LogP contribution in [-0.4, -0.2) is 28.1 Å². The summed E-state index contributed by atoms with van der Waals surface area (Å²) in [7, 11) is -0.564. The summed E-state index contributed by atoms with van der Waals surface area (Å²) in [6, 6.07) is 3.49. The summed E-state index contributed by atoms with van der Waals surface area (Å²) >= 11 is 0. The van der Waals surface area contributed by atoms with Crippen molar-refractivity contribution in [3.63, 3.8) is 0 Å². The van der Waals surface area contributed by atoms with E-state index in [-0.39, 0.29) is 11.9 Å². The van der Waals surface area contributed by atoms with Crippen LogP contribution in [0.1, 0.15) is 47.6 Å². The molecule has 0 atom stereocenters. The fourth-order valence-electron chi connectivity index (χ4n) is 2.67. The van der Waals surface area contributed by atoms with E-state index in [1.165, 1.54) is 6.07 Å². The molecule has 1 fully saturated rings. The Morgan fingerprint density at radius 2 is 1.73 bits per heavy atom. The van der Waals surface area contributed by atoms with Gasteiger partial charge in [0.25, 0.3) is 0 Å². The third-order valence-corrected chi connectivity index (χ3v) is 4.68. The van der Waals surface area contributed by atoms with Crippen LogP contribution in [0.25, 0.3) is 10.9 Å². The van der Waals surface area contributed by atoms with Gasteiger partial charge in [-0.1, -0.05) is 6.07 Å². The van der Waals surface area contributed by atoms with E-state index in [0.29, 0.717) is 11.0 Å². The summed E-state index contributed by atoms with van der Waals surface area (Å²) in [5.41, 5.74) is 0.332. The van der Waals surface area contributed by atoms with Gasteiger partial charge in [0.1, 0.15) is 11.3 Å². The first-order valence-corrected chi connectivity index (χ1v) is 7.65. The maximum atomic E-state index is 14.6. The second kappa shape index (κ2) is 4.80. The summed E-state index contributed by atoms with van der Waals surface area (Å²) in [6.45, 7) is 11.9. The number of fused-ring (bicyclic) bond motifs is 1. The van der Waals surface area contributed by atoms with Crippen molar-refractivity contribution in [1.29, 1.82) is 0 Å². The summed E-state index contributed by atoms with van der Waals surface area (Å²) in [6.07, 6.45) is 1.69. The van der Waals surface area contributed by atoms with Crippen LogP contribution < -0.4 is 5.46 Å². The Morgan fingerprint density at radius 3 is 2.27 bits per heavy atom. The molecule has 0 saturated carbocycles. The van der Waals surface area contributed by atoms with Crippen molar-refractivity contribution in [3.8, 4) is 0 Å². The highest BCUT2D eigenvalue weighted by molar-refractivity contribution is 6.62. The zero-order valence-corrected chi connectivity index (χ0v) is 14.0. The molecule has 1 saturated heterocycles. The molecule has 2 heterocycles. The Balaban J connectivity index is 2.04. The molecule has 0 bridgehead atoms. The lowest BCUT2D eigenvalue weighted by Gasteiger charge is -2.32. The van der Waals surface area contributed by atoms with Crippen LogP contribution in [0.15, 0.2) is 18.3 Å². The van der Waals surface area contributed by atoms with E-state index in [4.69, 9.17) is 9.31 Å². The number of hydrogen-bond donors (Lipinski definition) is 0. The van der Waals surface area contributed by atoms with Gasteiger partial charge in [0, 0.05) is 11.4 Å². The Kier molecular flexibility index (Phi) is 3.38. The van der Waals surface area contributed by atoms with Crippen LogP contribution in [0.5, 0.6) is 0 Å². The molecule has 0 N–H and O–H groups in total. The zero-order chi connectivity index (χ0) is 16.3. The Bertz CT molecular complexity index is 708. The van der Waals surface area contributed by atoms with Crippen molar-refractivity contribution in [2.45, 2.75) is 58.8 Å². The van der Waals surface area contributed by atoms with Gasteiger partial charge in [-0.05, 0) is 53.1 Å². The van der Waals surface area contributed by atoms with Gasteiger partial charge in [0.05, 0.1) is 17.4 Å². The molecule has 6 heteroatoms. The SMILES string of the molecule is CC(C)n1ncc2cc(B3OC(C)(C)C(C)(C)O3)cc(F)c21. The average Bonchev–Trinajstić information content (AvgIpc) is 2.89. The van der Waals surface area contributed by atoms with E-state index in [2.05, 4.69) is 5.10 Å². The fraction of sp³-hybridized carbons (Fsp3) is 0.562. The molecule has 0 aliphatic carbocycles. The summed E-state index contributed by atoms with van der Waals surface area (Å²) < 4.78 is 28.2. The molecular formula is C16H22BFN2O2. The number of rotatable bonds is 2. The predicted molar refractivity (Wildman–Crippen MR) is 85.8 cm³/mol. The van der Waals surface area contributed by atoms with E-state index in [1.807, 2.05) is 47.6 Å². The van der Waals surface area contributed by atoms with Crippen LogP contribution in [0.2, 0.25) is 0 Å². The number of nitrogens with zero attached hydrogens (tertiary/aromatic N) is 2. The van der Waals surface area contributed by atoms with Crippen LogP contribution >= 0.6 is 0 Å². The Morgan fingerprint density at radius 1 is 1.14 bits per heavy atom. The molecule has 0 amide bonds. The molecule has 4 nitrogen and oxygen atoms in total. The number of halogens is 1. The average molecular weight is 304 g/mol. The van der Waals surface area contributed by atoms with Crippen LogP contribution in [0.4, 0.5) is 4.39 Å². The molecule has 22 heavy (non-hydrogen) atoms. The van der Waals surface area contributed by atoms with Crippen molar-refractivity contribution in [2.24, 2.45) is 0 Å². The van der Waals surface area contributed by atoms with E-state index in [1.54, 1.807) is 10.9 Å². The molecular weight excluding hydrogens is 282 g/mol. The molecule has 0 radical (unpaired) electrons. The second-order valence-electron chi connectivity index (χ2n) is 7.21. The lowest BCUT2D eigenvalue weighted by Crippen LogP contribution is -2.41. The van der Waals surface area contributed by atoms with E-state index in [0.717, 1.165) is 5.39 Å². The maximum Gasteiger partial charge on any atom is 0.494 e. The second-order valence-corrected chi connectivity index (χ2v) is 7.21. The smallest absolute Gasteiger partial charge is 0.399 e. The molecule has 1 aromatic heterocycles. The molecule has 1 aromatic carbocycles. The van der Waals surface area contributed by atoms with Gasteiger partial charge in [0.2, 0.25) is 0 Å². The van der Waals surface area contributed by atoms with Crippen LogP contribution in [0, 0.1) is 5.82 Å². The predicted octanol–water partition coefficient (Wildman–Crippen LogP) is 3.06.